The number of piperazine rings is 1. The highest BCUT2D eigenvalue weighted by atomic mass is 32.1. The zero-order chi connectivity index (χ0) is 27.5. The fourth-order valence-corrected chi connectivity index (χ4v) is 6.15. The minimum Gasteiger partial charge on any atom is -0.378 e. The number of rotatable bonds is 8. The molecule has 0 unspecified atom stereocenters. The van der Waals surface area contributed by atoms with E-state index in [1.807, 2.05) is 24.4 Å². The Balaban J connectivity index is 1.20. The lowest BCUT2D eigenvalue weighted by molar-refractivity contribution is -0.144. The Morgan fingerprint density at radius 2 is 1.98 bits per heavy atom. The van der Waals surface area contributed by atoms with Crippen LogP contribution in [0.3, 0.4) is 0 Å². The maximum absolute atomic E-state index is 12.4. The summed E-state index contributed by atoms with van der Waals surface area (Å²) in [5.74, 6) is 0.993. The first-order valence-electron chi connectivity index (χ1n) is 13.2. The van der Waals surface area contributed by atoms with Gasteiger partial charge < -0.3 is 14.5 Å². The summed E-state index contributed by atoms with van der Waals surface area (Å²) in [6.45, 7) is 9.51. The largest absolute Gasteiger partial charge is 0.378 e. The molecule has 2 fully saturated rings. The van der Waals surface area contributed by atoms with Crippen LogP contribution in [0, 0.1) is 0 Å². The number of thiophene rings is 1. The third-order valence-electron chi connectivity index (χ3n) is 7.10. The Morgan fingerprint density at radius 1 is 1.15 bits per heavy atom. The first kappa shape index (κ1) is 26.3. The zero-order valence-electron chi connectivity index (χ0n) is 22.0. The molecule has 208 valence electrons. The topological polar surface area (TPSA) is 129 Å². The van der Waals surface area contributed by atoms with Crippen molar-refractivity contribution in [3.63, 3.8) is 0 Å². The molecule has 40 heavy (non-hydrogen) atoms. The van der Waals surface area contributed by atoms with Crippen molar-refractivity contribution >= 4 is 50.1 Å². The summed E-state index contributed by atoms with van der Waals surface area (Å²) in [5, 5.41) is 8.24. The second-order valence-electron chi connectivity index (χ2n) is 9.65. The van der Waals surface area contributed by atoms with E-state index in [-0.39, 0.29) is 12.5 Å². The quantitative estimate of drug-likeness (QED) is 0.245. The summed E-state index contributed by atoms with van der Waals surface area (Å²) >= 11 is 1.73. The molecule has 13 heteroatoms. The molecule has 5 heterocycles. The molecule has 2 saturated heterocycles. The average Bonchev–Trinajstić information content (AvgIpc) is 3.64. The Hall–Kier alpha value is -3.91. The Morgan fingerprint density at radius 3 is 2.77 bits per heavy atom. The van der Waals surface area contributed by atoms with Gasteiger partial charge in [0.25, 0.3) is 11.8 Å². The van der Waals surface area contributed by atoms with Crippen LogP contribution >= 0.6 is 11.3 Å². The van der Waals surface area contributed by atoms with Gasteiger partial charge in [-0.3, -0.25) is 24.4 Å². The molecule has 0 spiro atoms. The molecule has 0 saturated carbocycles. The van der Waals surface area contributed by atoms with Crippen LogP contribution in [0.1, 0.15) is 4.88 Å². The molecule has 1 aromatic carbocycles. The van der Waals surface area contributed by atoms with Crippen LogP contribution in [0.5, 0.6) is 0 Å². The lowest BCUT2D eigenvalue weighted by Crippen LogP contribution is -2.49. The smallest absolute Gasteiger partial charge is 0.266 e. The van der Waals surface area contributed by atoms with E-state index in [1.54, 1.807) is 16.2 Å². The molecule has 2 N–H and O–H groups in total. The van der Waals surface area contributed by atoms with Crippen molar-refractivity contribution < 1.29 is 19.2 Å². The van der Waals surface area contributed by atoms with Crippen molar-refractivity contribution in [1.82, 2.24) is 35.4 Å². The summed E-state index contributed by atoms with van der Waals surface area (Å²) < 4.78 is 6.68. The number of carbonyl (C=O) groups excluding carboxylic acids is 2. The highest BCUT2D eigenvalue weighted by Gasteiger charge is 2.24. The standard InChI is InChI=1S/C27H30N8O4S/c1-2-23(36)32-39-17-24(37)34-8-6-33(7-9-34)16-18-14-22-25(40-18)27(35-10-12-38-13-11-35)30-26(29-22)19-4-3-5-21-20(19)15-28-31-21/h2-5,14-15H,1,6-13,16-17H2,(H,28,31)(H,32,36). The number of hydrogen-bond acceptors (Lipinski definition) is 10. The van der Waals surface area contributed by atoms with Gasteiger partial charge in [-0.15, -0.1) is 11.3 Å². The van der Waals surface area contributed by atoms with Gasteiger partial charge in [0.1, 0.15) is 0 Å². The highest BCUT2D eigenvalue weighted by Crippen LogP contribution is 2.36. The Bertz CT molecular complexity index is 1540. The summed E-state index contributed by atoms with van der Waals surface area (Å²) in [7, 11) is 0. The van der Waals surface area contributed by atoms with Gasteiger partial charge in [-0.05, 0) is 18.2 Å². The van der Waals surface area contributed by atoms with Crippen LogP contribution in [0.4, 0.5) is 5.82 Å². The van der Waals surface area contributed by atoms with Gasteiger partial charge in [0, 0.05) is 61.6 Å². The number of ether oxygens (including phenoxy) is 1. The van der Waals surface area contributed by atoms with E-state index in [0.717, 1.165) is 71.3 Å². The number of nitrogens with one attached hydrogen (secondary N) is 2. The first-order valence-corrected chi connectivity index (χ1v) is 14.0. The molecule has 12 nitrogen and oxygen atoms in total. The molecule has 2 aliphatic heterocycles. The number of hydroxylamine groups is 1. The van der Waals surface area contributed by atoms with Gasteiger partial charge in [0.05, 0.1) is 35.1 Å². The van der Waals surface area contributed by atoms with E-state index in [1.165, 1.54) is 4.88 Å². The molecule has 0 aliphatic carbocycles. The second kappa shape index (κ2) is 11.7. The monoisotopic (exact) mass is 562 g/mol. The third-order valence-corrected chi connectivity index (χ3v) is 8.20. The van der Waals surface area contributed by atoms with Crippen molar-refractivity contribution in [2.24, 2.45) is 0 Å². The van der Waals surface area contributed by atoms with E-state index in [4.69, 9.17) is 19.5 Å². The van der Waals surface area contributed by atoms with Crippen LogP contribution < -0.4 is 10.4 Å². The predicted molar refractivity (Wildman–Crippen MR) is 152 cm³/mol. The molecule has 0 bridgehead atoms. The van der Waals surface area contributed by atoms with Crippen LogP contribution in [-0.4, -0.2) is 101 Å². The number of amides is 2. The van der Waals surface area contributed by atoms with Gasteiger partial charge in [-0.1, -0.05) is 18.7 Å². The normalized spacial score (nSPS) is 16.5. The first-order chi connectivity index (χ1) is 19.6. The van der Waals surface area contributed by atoms with Crippen LogP contribution in [0.2, 0.25) is 0 Å². The van der Waals surface area contributed by atoms with Gasteiger partial charge >= 0.3 is 0 Å². The lowest BCUT2D eigenvalue weighted by atomic mass is 10.1. The van der Waals surface area contributed by atoms with E-state index >= 15 is 0 Å². The van der Waals surface area contributed by atoms with Gasteiger partial charge in [0.15, 0.2) is 18.2 Å². The van der Waals surface area contributed by atoms with Crippen molar-refractivity contribution in [3.8, 4) is 11.4 Å². The number of anilines is 1. The van der Waals surface area contributed by atoms with Crippen LogP contribution in [0.25, 0.3) is 32.5 Å². The number of H-pyrrole nitrogens is 1. The number of aromatic nitrogens is 4. The van der Waals surface area contributed by atoms with E-state index in [2.05, 4.69) is 38.1 Å². The maximum Gasteiger partial charge on any atom is 0.266 e. The molecule has 4 aromatic rings. The maximum atomic E-state index is 12.4. The number of nitrogens with zero attached hydrogens (tertiary/aromatic N) is 6. The number of carbonyl (C=O) groups is 2. The minimum atomic E-state index is -0.479. The van der Waals surface area contributed by atoms with E-state index < -0.39 is 5.91 Å². The number of aromatic amines is 1. The second-order valence-corrected chi connectivity index (χ2v) is 10.8. The molecular weight excluding hydrogens is 532 g/mol. The molecule has 2 amide bonds. The van der Waals surface area contributed by atoms with Crippen molar-refractivity contribution in [1.29, 1.82) is 0 Å². The summed E-state index contributed by atoms with van der Waals surface area (Å²) in [6, 6.07) is 8.19. The fourth-order valence-electron chi connectivity index (χ4n) is 4.99. The molecule has 3 aromatic heterocycles. The van der Waals surface area contributed by atoms with E-state index in [9.17, 15) is 9.59 Å². The third kappa shape index (κ3) is 5.54. The fraction of sp³-hybridized carbons (Fsp3) is 0.370. The molecular formula is C27H30N8O4S. The van der Waals surface area contributed by atoms with Crippen molar-refractivity contribution in [3.05, 3.63) is 48.0 Å². The van der Waals surface area contributed by atoms with Crippen molar-refractivity contribution in [2.45, 2.75) is 6.54 Å². The molecule has 0 radical (unpaired) electrons. The predicted octanol–water partition coefficient (Wildman–Crippen LogP) is 1.95. The molecule has 6 rings (SSSR count). The number of hydrogen-bond donors (Lipinski definition) is 2. The highest BCUT2D eigenvalue weighted by molar-refractivity contribution is 7.19. The van der Waals surface area contributed by atoms with Gasteiger partial charge in [-0.25, -0.2) is 15.4 Å². The Kier molecular flexibility index (Phi) is 7.68. The van der Waals surface area contributed by atoms with Crippen molar-refractivity contribution in [2.75, 3.05) is 64.0 Å². The SMILES string of the molecule is C=CC(=O)NOCC(=O)N1CCN(Cc2cc3nc(-c4cccc5[nH]ncc45)nc(N4CCOCC4)c3s2)CC1. The molecule has 0 atom stereocenters. The van der Waals surface area contributed by atoms with Crippen LogP contribution in [0.15, 0.2) is 43.1 Å². The summed E-state index contributed by atoms with van der Waals surface area (Å²) in [4.78, 5) is 46.3. The number of benzene rings is 1. The van der Waals surface area contributed by atoms with E-state index in [0.29, 0.717) is 32.1 Å². The van der Waals surface area contributed by atoms with Crippen LogP contribution in [-0.2, 0) is 25.7 Å². The molecule has 2 aliphatic rings. The Labute approximate surface area is 234 Å². The van der Waals surface area contributed by atoms with Gasteiger partial charge in [0.2, 0.25) is 0 Å². The summed E-state index contributed by atoms with van der Waals surface area (Å²) in [5.41, 5.74) is 4.99. The minimum absolute atomic E-state index is 0.156. The number of fused-ring (bicyclic) bond motifs is 2. The number of morpholine rings is 1. The van der Waals surface area contributed by atoms with Gasteiger partial charge in [-0.2, -0.15) is 5.10 Å². The average molecular weight is 563 g/mol. The lowest BCUT2D eigenvalue weighted by Gasteiger charge is -2.34. The summed E-state index contributed by atoms with van der Waals surface area (Å²) in [6.07, 6.45) is 2.91. The zero-order valence-corrected chi connectivity index (χ0v) is 22.8.